The second-order valence-corrected chi connectivity index (χ2v) is 5.83. The van der Waals surface area contributed by atoms with Gasteiger partial charge in [0.15, 0.2) is 0 Å². The monoisotopic (exact) mass is 349 g/mol. The van der Waals surface area contributed by atoms with Crippen molar-refractivity contribution >= 4 is 5.97 Å². The van der Waals surface area contributed by atoms with Crippen LogP contribution in [-0.4, -0.2) is 27.8 Å². The molecule has 1 heterocycles. The predicted octanol–water partition coefficient (Wildman–Crippen LogP) is 3.27. The van der Waals surface area contributed by atoms with Crippen molar-refractivity contribution in [1.82, 2.24) is 4.98 Å². The number of nitrogens with zero attached hydrogens (tertiary/aromatic N) is 1. The standard InChI is InChI=1S/C21H19NO4/c23-19-14-22-12-10-18(19)20(24)16-8-6-15(7-9-16)11-13-26-21(25)17-4-2-1-3-5-17/h1-10,12,14,20,23-24H,11,13H2. The number of aromatic nitrogens is 1. The van der Waals surface area contributed by atoms with Crippen LogP contribution in [0.3, 0.4) is 0 Å². The molecule has 3 rings (SSSR count). The van der Waals surface area contributed by atoms with Crippen LogP contribution in [0, 0.1) is 0 Å². The molecule has 0 amide bonds. The number of carbonyl (C=O) groups is 1. The average Bonchev–Trinajstić information content (AvgIpc) is 2.69. The lowest BCUT2D eigenvalue weighted by atomic mass is 10.00. The Kier molecular flexibility index (Phi) is 5.61. The van der Waals surface area contributed by atoms with E-state index < -0.39 is 6.10 Å². The van der Waals surface area contributed by atoms with Gasteiger partial charge in [0.25, 0.3) is 0 Å². The highest BCUT2D eigenvalue weighted by atomic mass is 16.5. The first-order chi connectivity index (χ1) is 12.6. The zero-order valence-electron chi connectivity index (χ0n) is 14.1. The summed E-state index contributed by atoms with van der Waals surface area (Å²) in [5.41, 5.74) is 2.59. The van der Waals surface area contributed by atoms with E-state index in [1.54, 1.807) is 42.5 Å². The Morgan fingerprint density at radius 3 is 2.46 bits per heavy atom. The minimum atomic E-state index is -0.928. The largest absolute Gasteiger partial charge is 0.506 e. The highest BCUT2D eigenvalue weighted by Gasteiger charge is 2.14. The Balaban J connectivity index is 1.56. The summed E-state index contributed by atoms with van der Waals surface area (Å²) in [4.78, 5) is 15.7. The van der Waals surface area contributed by atoms with Gasteiger partial charge in [-0.05, 0) is 29.3 Å². The van der Waals surface area contributed by atoms with Crippen LogP contribution >= 0.6 is 0 Å². The minimum absolute atomic E-state index is 0.0445. The maximum absolute atomic E-state index is 11.9. The molecule has 2 aromatic carbocycles. The molecule has 0 aliphatic carbocycles. The van der Waals surface area contributed by atoms with Crippen LogP contribution in [0.1, 0.15) is 33.2 Å². The Morgan fingerprint density at radius 2 is 1.77 bits per heavy atom. The molecular weight excluding hydrogens is 330 g/mol. The number of aliphatic hydroxyl groups excluding tert-OH is 1. The second kappa shape index (κ2) is 8.27. The number of rotatable bonds is 6. The van der Waals surface area contributed by atoms with E-state index >= 15 is 0 Å². The normalized spacial score (nSPS) is 11.7. The van der Waals surface area contributed by atoms with E-state index in [1.165, 1.54) is 12.4 Å². The first kappa shape index (κ1) is 17.6. The van der Waals surface area contributed by atoms with Crippen LogP contribution in [-0.2, 0) is 11.2 Å². The third-order valence-corrected chi connectivity index (χ3v) is 4.06. The molecule has 0 saturated heterocycles. The summed E-state index contributed by atoms with van der Waals surface area (Å²) < 4.78 is 5.27. The summed E-state index contributed by atoms with van der Waals surface area (Å²) in [7, 11) is 0. The number of benzene rings is 2. The number of carbonyl (C=O) groups excluding carboxylic acids is 1. The van der Waals surface area contributed by atoms with Crippen molar-refractivity contribution in [2.24, 2.45) is 0 Å². The Labute approximate surface area is 151 Å². The van der Waals surface area contributed by atoms with Crippen LogP contribution < -0.4 is 0 Å². The lowest BCUT2D eigenvalue weighted by Crippen LogP contribution is -2.08. The van der Waals surface area contributed by atoms with E-state index in [1.807, 2.05) is 18.2 Å². The molecule has 1 aromatic heterocycles. The Morgan fingerprint density at radius 1 is 1.04 bits per heavy atom. The molecule has 5 heteroatoms. The molecule has 0 spiro atoms. The first-order valence-electron chi connectivity index (χ1n) is 8.27. The van der Waals surface area contributed by atoms with Gasteiger partial charge in [0.2, 0.25) is 0 Å². The number of aliphatic hydroxyl groups is 1. The van der Waals surface area contributed by atoms with Gasteiger partial charge in [-0.3, -0.25) is 4.98 Å². The second-order valence-electron chi connectivity index (χ2n) is 5.83. The van der Waals surface area contributed by atoms with Crippen LogP contribution in [0.15, 0.2) is 73.1 Å². The van der Waals surface area contributed by atoms with Gasteiger partial charge in [0.1, 0.15) is 11.9 Å². The van der Waals surface area contributed by atoms with Crippen molar-refractivity contribution in [3.05, 3.63) is 95.3 Å². The van der Waals surface area contributed by atoms with Crippen molar-refractivity contribution in [2.45, 2.75) is 12.5 Å². The summed E-state index contributed by atoms with van der Waals surface area (Å²) in [6.07, 6.45) is 2.47. The van der Waals surface area contributed by atoms with E-state index in [9.17, 15) is 15.0 Å². The van der Waals surface area contributed by atoms with Crippen LogP contribution in [0.2, 0.25) is 0 Å². The molecule has 2 N–H and O–H groups in total. The number of hydrogen-bond acceptors (Lipinski definition) is 5. The predicted molar refractivity (Wildman–Crippen MR) is 96.8 cm³/mol. The van der Waals surface area contributed by atoms with Gasteiger partial charge in [-0.15, -0.1) is 0 Å². The molecule has 0 aliphatic heterocycles. The van der Waals surface area contributed by atoms with Crippen LogP contribution in [0.25, 0.3) is 0 Å². The van der Waals surface area contributed by atoms with E-state index in [0.717, 1.165) is 5.56 Å². The fourth-order valence-corrected chi connectivity index (χ4v) is 2.59. The number of hydrogen-bond donors (Lipinski definition) is 2. The Bertz CT molecular complexity index is 863. The molecule has 0 saturated carbocycles. The lowest BCUT2D eigenvalue weighted by Gasteiger charge is -2.13. The fraction of sp³-hybridized carbons (Fsp3) is 0.143. The van der Waals surface area contributed by atoms with Crippen molar-refractivity contribution in [2.75, 3.05) is 6.61 Å². The van der Waals surface area contributed by atoms with E-state index in [0.29, 0.717) is 23.1 Å². The van der Waals surface area contributed by atoms with Gasteiger partial charge in [0, 0.05) is 18.2 Å². The molecule has 5 nitrogen and oxygen atoms in total. The molecule has 3 aromatic rings. The van der Waals surface area contributed by atoms with E-state index in [2.05, 4.69) is 4.98 Å². The lowest BCUT2D eigenvalue weighted by molar-refractivity contribution is 0.0509. The maximum atomic E-state index is 11.9. The zero-order valence-corrected chi connectivity index (χ0v) is 14.1. The third kappa shape index (κ3) is 4.26. The first-order valence-corrected chi connectivity index (χ1v) is 8.27. The summed E-state index contributed by atoms with van der Waals surface area (Å²) in [6.45, 7) is 0.279. The Hall–Kier alpha value is -3.18. The third-order valence-electron chi connectivity index (χ3n) is 4.06. The van der Waals surface area contributed by atoms with Gasteiger partial charge in [-0.25, -0.2) is 4.79 Å². The molecule has 1 atom stereocenters. The number of ether oxygens (including phenoxy) is 1. The molecule has 26 heavy (non-hydrogen) atoms. The van der Waals surface area contributed by atoms with Crippen molar-refractivity contribution in [3.8, 4) is 5.75 Å². The van der Waals surface area contributed by atoms with E-state index in [4.69, 9.17) is 4.74 Å². The number of pyridine rings is 1. The molecule has 132 valence electrons. The number of esters is 1. The summed E-state index contributed by atoms with van der Waals surface area (Å²) in [5.74, 6) is -0.386. The SMILES string of the molecule is O=C(OCCc1ccc(C(O)c2ccncc2O)cc1)c1ccccc1. The molecule has 1 unspecified atom stereocenters. The minimum Gasteiger partial charge on any atom is -0.506 e. The zero-order chi connectivity index (χ0) is 18.4. The van der Waals surface area contributed by atoms with Gasteiger partial charge in [-0.2, -0.15) is 0 Å². The molecule has 0 fully saturated rings. The van der Waals surface area contributed by atoms with Crippen molar-refractivity contribution in [1.29, 1.82) is 0 Å². The van der Waals surface area contributed by atoms with Crippen LogP contribution in [0.5, 0.6) is 5.75 Å². The summed E-state index contributed by atoms with van der Waals surface area (Å²) >= 11 is 0. The fourth-order valence-electron chi connectivity index (χ4n) is 2.59. The molecule has 0 aliphatic rings. The highest BCUT2D eigenvalue weighted by molar-refractivity contribution is 5.89. The summed E-state index contributed by atoms with van der Waals surface area (Å²) in [5, 5.41) is 20.2. The van der Waals surface area contributed by atoms with Crippen molar-refractivity contribution in [3.63, 3.8) is 0 Å². The summed E-state index contributed by atoms with van der Waals surface area (Å²) in [6, 6.07) is 17.8. The van der Waals surface area contributed by atoms with Gasteiger partial charge >= 0.3 is 5.97 Å². The van der Waals surface area contributed by atoms with Gasteiger partial charge < -0.3 is 14.9 Å². The topological polar surface area (TPSA) is 79.7 Å². The van der Waals surface area contributed by atoms with E-state index in [-0.39, 0.29) is 18.3 Å². The average molecular weight is 349 g/mol. The van der Waals surface area contributed by atoms with Gasteiger partial charge in [-0.1, -0.05) is 42.5 Å². The van der Waals surface area contributed by atoms with Gasteiger partial charge in [0.05, 0.1) is 18.4 Å². The molecular formula is C21H19NO4. The quantitative estimate of drug-likeness (QED) is 0.668. The number of aromatic hydroxyl groups is 1. The molecule has 0 bridgehead atoms. The smallest absolute Gasteiger partial charge is 0.338 e. The van der Waals surface area contributed by atoms with Crippen LogP contribution in [0.4, 0.5) is 0 Å². The maximum Gasteiger partial charge on any atom is 0.338 e. The van der Waals surface area contributed by atoms with Crippen molar-refractivity contribution < 1.29 is 19.7 Å². The molecule has 0 radical (unpaired) electrons. The highest BCUT2D eigenvalue weighted by Crippen LogP contribution is 2.28.